The Hall–Kier alpha value is -1.80. The highest BCUT2D eigenvalue weighted by Gasteiger charge is 2.15. The molecule has 0 amide bonds. The number of anilines is 2. The summed E-state index contributed by atoms with van der Waals surface area (Å²) in [5.74, 6) is 0.0966. The number of nitrogens with one attached hydrogen (secondary N) is 1. The van der Waals surface area contributed by atoms with Gasteiger partial charge in [-0.15, -0.1) is 11.3 Å². The van der Waals surface area contributed by atoms with E-state index in [0.29, 0.717) is 10.8 Å². The highest BCUT2D eigenvalue weighted by atomic mass is 32.2. The number of hydrogen-bond acceptors (Lipinski definition) is 6. The Kier molecular flexibility index (Phi) is 4.38. The summed E-state index contributed by atoms with van der Waals surface area (Å²) < 4.78 is 26.2. The van der Waals surface area contributed by atoms with Gasteiger partial charge in [0.25, 0.3) is 0 Å². The van der Waals surface area contributed by atoms with Gasteiger partial charge in [0.1, 0.15) is 5.75 Å². The van der Waals surface area contributed by atoms with E-state index in [0.717, 1.165) is 5.56 Å². The van der Waals surface area contributed by atoms with Crippen LogP contribution < -0.4 is 10.5 Å². The van der Waals surface area contributed by atoms with Crippen LogP contribution in [0.1, 0.15) is 13.8 Å². The molecule has 21 heavy (non-hydrogen) atoms. The average Bonchev–Trinajstić information content (AvgIpc) is 2.78. The van der Waals surface area contributed by atoms with Crippen LogP contribution in [0.2, 0.25) is 0 Å². The van der Waals surface area contributed by atoms with Crippen molar-refractivity contribution in [2.24, 2.45) is 5.92 Å². The molecule has 0 atom stereocenters. The predicted molar refractivity (Wildman–Crippen MR) is 85.9 cm³/mol. The summed E-state index contributed by atoms with van der Waals surface area (Å²) in [6.45, 7) is 3.68. The minimum absolute atomic E-state index is 0.00633. The van der Waals surface area contributed by atoms with Crippen molar-refractivity contribution in [2.75, 3.05) is 16.2 Å². The molecule has 1 heterocycles. The van der Waals surface area contributed by atoms with Crippen LogP contribution >= 0.6 is 11.3 Å². The molecule has 0 radical (unpaired) electrons. The third-order valence-corrected chi connectivity index (χ3v) is 5.12. The largest absolute Gasteiger partial charge is 0.506 e. The van der Waals surface area contributed by atoms with Crippen LogP contribution in [-0.4, -0.2) is 24.3 Å². The van der Waals surface area contributed by atoms with Crippen molar-refractivity contribution in [1.29, 1.82) is 0 Å². The number of aromatic nitrogens is 1. The fourth-order valence-electron chi connectivity index (χ4n) is 1.78. The maximum absolute atomic E-state index is 11.9. The number of phenolic OH excluding ortho intramolecular Hbond substituents is 1. The van der Waals surface area contributed by atoms with Gasteiger partial charge in [-0.25, -0.2) is 13.4 Å². The van der Waals surface area contributed by atoms with E-state index in [1.807, 2.05) is 13.8 Å². The summed E-state index contributed by atoms with van der Waals surface area (Å²) in [6.07, 6.45) is 0. The summed E-state index contributed by atoms with van der Waals surface area (Å²) in [7, 11) is -3.38. The van der Waals surface area contributed by atoms with E-state index in [-0.39, 0.29) is 23.1 Å². The molecule has 0 fully saturated rings. The second kappa shape index (κ2) is 5.90. The molecule has 2 rings (SSSR count). The summed E-state index contributed by atoms with van der Waals surface area (Å²) in [5, 5.41) is 11.5. The average molecular weight is 327 g/mol. The van der Waals surface area contributed by atoms with Crippen molar-refractivity contribution in [3.05, 3.63) is 23.6 Å². The molecule has 0 aliphatic heterocycles. The predicted octanol–water partition coefficient (Wildman–Crippen LogP) is 2.50. The monoisotopic (exact) mass is 327 g/mol. The molecule has 0 unspecified atom stereocenters. The van der Waals surface area contributed by atoms with Crippen molar-refractivity contribution < 1.29 is 13.5 Å². The van der Waals surface area contributed by atoms with Gasteiger partial charge in [-0.3, -0.25) is 4.72 Å². The topological polar surface area (TPSA) is 105 Å². The number of rotatable bonds is 5. The Bertz CT molecular complexity index is 739. The molecule has 0 bridgehead atoms. The number of nitrogens with zero attached hydrogens (tertiary/aromatic N) is 1. The Balaban J connectivity index is 2.20. The first-order valence-electron chi connectivity index (χ1n) is 6.32. The summed E-state index contributed by atoms with van der Waals surface area (Å²) >= 11 is 1.20. The van der Waals surface area contributed by atoms with E-state index in [4.69, 9.17) is 5.73 Å². The molecule has 0 saturated heterocycles. The number of thiazole rings is 1. The second-order valence-electron chi connectivity index (χ2n) is 5.09. The molecule has 0 saturated carbocycles. The molecular weight excluding hydrogens is 310 g/mol. The quantitative estimate of drug-likeness (QED) is 0.578. The lowest BCUT2D eigenvalue weighted by molar-refractivity contribution is 0.478. The maximum atomic E-state index is 11.9. The van der Waals surface area contributed by atoms with Gasteiger partial charge in [-0.2, -0.15) is 0 Å². The molecule has 6 nitrogen and oxygen atoms in total. The molecule has 114 valence electrons. The van der Waals surface area contributed by atoms with Gasteiger partial charge in [-0.1, -0.05) is 13.8 Å². The van der Waals surface area contributed by atoms with E-state index in [2.05, 4.69) is 9.71 Å². The lowest BCUT2D eigenvalue weighted by atomic mass is 10.1. The Morgan fingerprint density at radius 3 is 2.76 bits per heavy atom. The van der Waals surface area contributed by atoms with Gasteiger partial charge in [0.15, 0.2) is 5.13 Å². The van der Waals surface area contributed by atoms with Crippen LogP contribution in [0.3, 0.4) is 0 Å². The van der Waals surface area contributed by atoms with E-state index in [1.54, 1.807) is 17.5 Å². The summed E-state index contributed by atoms with van der Waals surface area (Å²) in [4.78, 5) is 4.23. The first-order chi connectivity index (χ1) is 9.77. The van der Waals surface area contributed by atoms with Gasteiger partial charge in [-0.05, 0) is 24.1 Å². The molecule has 8 heteroatoms. The van der Waals surface area contributed by atoms with Crippen molar-refractivity contribution in [3.63, 3.8) is 0 Å². The number of nitrogen functional groups attached to an aromatic ring is 1. The molecule has 0 aliphatic rings. The molecule has 1 aromatic carbocycles. The number of sulfonamides is 1. The standard InChI is InChI=1S/C13H17N3O3S2/c1-8(2)7-21(18,19)16-13-15-11(6-20-13)9-3-4-12(17)10(14)5-9/h3-6,8,17H,7,14H2,1-2H3,(H,15,16). The summed E-state index contributed by atoms with van der Waals surface area (Å²) in [5.41, 5.74) is 7.21. The lowest BCUT2D eigenvalue weighted by Crippen LogP contribution is -2.19. The fraction of sp³-hybridized carbons (Fsp3) is 0.308. The molecule has 0 aliphatic carbocycles. The lowest BCUT2D eigenvalue weighted by Gasteiger charge is -2.07. The van der Waals surface area contributed by atoms with Crippen LogP contribution in [-0.2, 0) is 10.0 Å². The maximum Gasteiger partial charge on any atom is 0.234 e. The molecule has 2 aromatic rings. The number of aromatic hydroxyl groups is 1. The third-order valence-electron chi connectivity index (χ3n) is 2.62. The minimum Gasteiger partial charge on any atom is -0.506 e. The van der Waals surface area contributed by atoms with Crippen LogP contribution in [0.25, 0.3) is 11.3 Å². The Labute approximate surface area is 127 Å². The highest BCUT2D eigenvalue weighted by molar-refractivity contribution is 7.92. The van der Waals surface area contributed by atoms with Crippen LogP contribution in [0.5, 0.6) is 5.75 Å². The number of hydrogen-bond donors (Lipinski definition) is 3. The van der Waals surface area contributed by atoms with Crippen molar-refractivity contribution in [2.45, 2.75) is 13.8 Å². The zero-order chi connectivity index (χ0) is 15.6. The van der Waals surface area contributed by atoms with Gasteiger partial charge in [0.2, 0.25) is 10.0 Å². The molecule has 1 aromatic heterocycles. The van der Waals surface area contributed by atoms with Gasteiger partial charge in [0, 0.05) is 10.9 Å². The van der Waals surface area contributed by atoms with Crippen LogP contribution in [0, 0.1) is 5.92 Å². The normalized spacial score (nSPS) is 11.8. The number of benzene rings is 1. The second-order valence-corrected chi connectivity index (χ2v) is 7.71. The van der Waals surface area contributed by atoms with Crippen LogP contribution in [0.4, 0.5) is 10.8 Å². The Morgan fingerprint density at radius 2 is 2.14 bits per heavy atom. The first-order valence-corrected chi connectivity index (χ1v) is 8.85. The molecular formula is C13H17N3O3S2. The van der Waals surface area contributed by atoms with E-state index in [9.17, 15) is 13.5 Å². The van der Waals surface area contributed by atoms with Gasteiger partial charge in [0.05, 0.1) is 17.1 Å². The van der Waals surface area contributed by atoms with E-state index in [1.165, 1.54) is 17.4 Å². The minimum atomic E-state index is -3.38. The zero-order valence-electron chi connectivity index (χ0n) is 11.7. The fourth-order valence-corrected chi connectivity index (χ4v) is 4.19. The molecule has 4 N–H and O–H groups in total. The van der Waals surface area contributed by atoms with Gasteiger partial charge < -0.3 is 10.8 Å². The Morgan fingerprint density at radius 1 is 1.43 bits per heavy atom. The zero-order valence-corrected chi connectivity index (χ0v) is 13.3. The van der Waals surface area contributed by atoms with Gasteiger partial charge >= 0.3 is 0 Å². The number of phenols is 1. The van der Waals surface area contributed by atoms with Crippen molar-refractivity contribution in [3.8, 4) is 17.0 Å². The van der Waals surface area contributed by atoms with Crippen molar-refractivity contribution >= 4 is 32.2 Å². The van der Waals surface area contributed by atoms with Crippen molar-refractivity contribution in [1.82, 2.24) is 4.98 Å². The smallest absolute Gasteiger partial charge is 0.234 e. The van der Waals surface area contributed by atoms with E-state index < -0.39 is 10.0 Å². The third kappa shape index (κ3) is 4.08. The van der Waals surface area contributed by atoms with Crippen LogP contribution in [0.15, 0.2) is 23.6 Å². The number of nitrogens with two attached hydrogens (primary N) is 1. The SMILES string of the molecule is CC(C)CS(=O)(=O)Nc1nc(-c2ccc(O)c(N)c2)cs1. The first kappa shape index (κ1) is 15.6. The molecule has 0 spiro atoms. The summed E-state index contributed by atoms with van der Waals surface area (Å²) in [6, 6.07) is 4.75. The highest BCUT2D eigenvalue weighted by Crippen LogP contribution is 2.30. The van der Waals surface area contributed by atoms with E-state index >= 15 is 0 Å².